The van der Waals surface area contributed by atoms with E-state index >= 15 is 0 Å². The van der Waals surface area contributed by atoms with Gasteiger partial charge in [-0.1, -0.05) is 0 Å². The first-order valence-electron chi connectivity index (χ1n) is 9.29. The summed E-state index contributed by atoms with van der Waals surface area (Å²) in [6, 6.07) is 7.01. The van der Waals surface area contributed by atoms with Crippen LogP contribution in [0.5, 0.6) is 5.75 Å². The van der Waals surface area contributed by atoms with Crippen molar-refractivity contribution in [3.05, 3.63) is 29.8 Å². The van der Waals surface area contributed by atoms with Crippen LogP contribution in [0, 0.1) is 0 Å². The maximum Gasteiger partial charge on any atom is 0.251 e. The molecule has 28 heavy (non-hydrogen) atoms. The zero-order chi connectivity index (χ0) is 19.3. The highest BCUT2D eigenvalue weighted by molar-refractivity contribution is 14.0. The molecular formula is C19H31IN4O4. The third-order valence-electron chi connectivity index (χ3n) is 4.13. The molecule has 1 aromatic rings. The summed E-state index contributed by atoms with van der Waals surface area (Å²) in [6.07, 6.45) is 2.13. The maximum absolute atomic E-state index is 12.1. The van der Waals surface area contributed by atoms with Gasteiger partial charge in [0.2, 0.25) is 0 Å². The molecule has 8 nitrogen and oxygen atoms in total. The number of amides is 1. The number of benzene rings is 1. The molecule has 0 aliphatic carbocycles. The molecular weight excluding hydrogens is 475 g/mol. The van der Waals surface area contributed by atoms with Crippen molar-refractivity contribution in [1.29, 1.82) is 0 Å². The standard InChI is InChI=1S/C19H30N4O4.HI/c1-20-19(22-9-3-12-27-17-8-13-26-14-17)23-11-10-21-18(24)15-4-6-16(25-2)7-5-15;/h4-7,17H,3,8-14H2,1-2H3,(H,21,24)(H2,20,22,23);1H. The normalized spacial score (nSPS) is 16.2. The second-order valence-corrected chi connectivity index (χ2v) is 6.12. The molecule has 0 saturated carbocycles. The predicted molar refractivity (Wildman–Crippen MR) is 120 cm³/mol. The van der Waals surface area contributed by atoms with Crippen LogP contribution in [0.4, 0.5) is 0 Å². The number of hydrogen-bond acceptors (Lipinski definition) is 5. The molecule has 3 N–H and O–H groups in total. The summed E-state index contributed by atoms with van der Waals surface area (Å²) in [5.41, 5.74) is 0.603. The molecule has 1 amide bonds. The molecule has 1 heterocycles. The fourth-order valence-corrected chi connectivity index (χ4v) is 2.60. The molecule has 0 radical (unpaired) electrons. The summed E-state index contributed by atoms with van der Waals surface area (Å²) in [5.74, 6) is 1.32. The molecule has 1 aromatic carbocycles. The van der Waals surface area contributed by atoms with Gasteiger partial charge >= 0.3 is 0 Å². The van der Waals surface area contributed by atoms with E-state index in [4.69, 9.17) is 14.2 Å². The molecule has 1 aliphatic heterocycles. The van der Waals surface area contributed by atoms with Crippen LogP contribution in [-0.2, 0) is 9.47 Å². The van der Waals surface area contributed by atoms with Crippen molar-refractivity contribution in [2.75, 3.05) is 53.6 Å². The van der Waals surface area contributed by atoms with E-state index < -0.39 is 0 Å². The van der Waals surface area contributed by atoms with Crippen LogP contribution in [0.3, 0.4) is 0 Å². The van der Waals surface area contributed by atoms with Crippen molar-refractivity contribution in [2.45, 2.75) is 18.9 Å². The van der Waals surface area contributed by atoms with Crippen molar-refractivity contribution in [2.24, 2.45) is 4.99 Å². The molecule has 9 heteroatoms. The number of rotatable bonds is 10. The fraction of sp³-hybridized carbons (Fsp3) is 0.579. The van der Waals surface area contributed by atoms with Gasteiger partial charge in [-0.3, -0.25) is 9.79 Å². The van der Waals surface area contributed by atoms with Gasteiger partial charge in [0.25, 0.3) is 5.91 Å². The van der Waals surface area contributed by atoms with E-state index in [1.54, 1.807) is 38.4 Å². The van der Waals surface area contributed by atoms with Gasteiger partial charge in [-0.25, -0.2) is 0 Å². The second-order valence-electron chi connectivity index (χ2n) is 6.12. The number of nitrogens with one attached hydrogen (secondary N) is 3. The Balaban J connectivity index is 0.00000392. The Morgan fingerprint density at radius 3 is 2.54 bits per heavy atom. The minimum absolute atomic E-state index is 0. The SMILES string of the molecule is CN=C(NCCCOC1CCOC1)NCCNC(=O)c1ccc(OC)cc1.I. The minimum atomic E-state index is -0.115. The molecule has 1 saturated heterocycles. The second kappa shape index (κ2) is 14.4. The number of aliphatic imine (C=N–C) groups is 1. The van der Waals surface area contributed by atoms with E-state index in [1.165, 1.54) is 0 Å². The van der Waals surface area contributed by atoms with Crippen molar-refractivity contribution in [1.82, 2.24) is 16.0 Å². The van der Waals surface area contributed by atoms with Crippen molar-refractivity contribution in [3.63, 3.8) is 0 Å². The number of hydrogen-bond donors (Lipinski definition) is 3. The largest absolute Gasteiger partial charge is 0.497 e. The highest BCUT2D eigenvalue weighted by Gasteiger charge is 2.15. The lowest BCUT2D eigenvalue weighted by Crippen LogP contribution is -2.42. The number of carbonyl (C=O) groups is 1. The Morgan fingerprint density at radius 2 is 1.89 bits per heavy atom. The summed E-state index contributed by atoms with van der Waals surface area (Å²) in [4.78, 5) is 16.2. The number of methoxy groups -OCH3 is 1. The fourth-order valence-electron chi connectivity index (χ4n) is 2.60. The number of guanidine groups is 1. The summed E-state index contributed by atoms with van der Waals surface area (Å²) in [6.45, 7) is 4.06. The van der Waals surface area contributed by atoms with Crippen LogP contribution in [0.2, 0.25) is 0 Å². The first-order chi connectivity index (χ1) is 13.2. The number of ether oxygens (including phenoxy) is 3. The van der Waals surface area contributed by atoms with E-state index in [2.05, 4.69) is 20.9 Å². The number of carbonyl (C=O) groups excluding carboxylic acids is 1. The molecule has 1 fully saturated rings. The quantitative estimate of drug-likeness (QED) is 0.192. The average Bonchev–Trinajstić information content (AvgIpc) is 3.22. The minimum Gasteiger partial charge on any atom is -0.497 e. The smallest absolute Gasteiger partial charge is 0.251 e. The van der Waals surface area contributed by atoms with Crippen molar-refractivity contribution < 1.29 is 19.0 Å². The average molecular weight is 506 g/mol. The van der Waals surface area contributed by atoms with E-state index in [0.29, 0.717) is 37.8 Å². The topological polar surface area (TPSA) is 93.2 Å². The molecule has 2 rings (SSSR count). The molecule has 1 unspecified atom stereocenters. The van der Waals surface area contributed by atoms with E-state index in [9.17, 15) is 4.79 Å². The lowest BCUT2D eigenvalue weighted by molar-refractivity contribution is 0.0420. The molecule has 1 aliphatic rings. The highest BCUT2D eigenvalue weighted by atomic mass is 127. The van der Waals surface area contributed by atoms with Crippen molar-refractivity contribution in [3.8, 4) is 5.75 Å². The van der Waals surface area contributed by atoms with Gasteiger partial charge in [-0.05, 0) is 37.1 Å². The molecule has 0 aromatic heterocycles. The van der Waals surface area contributed by atoms with Crippen LogP contribution in [0.15, 0.2) is 29.3 Å². The summed E-state index contributed by atoms with van der Waals surface area (Å²) in [5, 5.41) is 9.26. The zero-order valence-electron chi connectivity index (χ0n) is 16.5. The maximum atomic E-state index is 12.1. The monoisotopic (exact) mass is 506 g/mol. The van der Waals surface area contributed by atoms with Crippen molar-refractivity contribution >= 4 is 35.8 Å². The third kappa shape index (κ3) is 9.07. The van der Waals surface area contributed by atoms with Crippen LogP contribution >= 0.6 is 24.0 Å². The number of halogens is 1. The Labute approximate surface area is 183 Å². The zero-order valence-corrected chi connectivity index (χ0v) is 18.9. The highest BCUT2D eigenvalue weighted by Crippen LogP contribution is 2.11. The molecule has 158 valence electrons. The first kappa shape index (κ1) is 24.4. The van der Waals surface area contributed by atoms with E-state index in [-0.39, 0.29) is 36.0 Å². The lowest BCUT2D eigenvalue weighted by Gasteiger charge is -2.13. The van der Waals surface area contributed by atoms with Crippen LogP contribution in [-0.4, -0.2) is 71.6 Å². The molecule has 0 bridgehead atoms. The van der Waals surface area contributed by atoms with Crippen LogP contribution < -0.4 is 20.7 Å². The molecule has 0 spiro atoms. The van der Waals surface area contributed by atoms with Gasteiger partial charge < -0.3 is 30.2 Å². The van der Waals surface area contributed by atoms with Gasteiger partial charge in [-0.15, -0.1) is 24.0 Å². The summed E-state index contributed by atoms with van der Waals surface area (Å²) < 4.78 is 16.1. The van der Waals surface area contributed by atoms with Gasteiger partial charge in [0.1, 0.15) is 5.75 Å². The Kier molecular flexibility index (Phi) is 12.6. The van der Waals surface area contributed by atoms with Gasteiger partial charge in [0, 0.05) is 45.5 Å². The summed E-state index contributed by atoms with van der Waals surface area (Å²) >= 11 is 0. The van der Waals surface area contributed by atoms with E-state index in [1.807, 2.05) is 0 Å². The Hall–Kier alpha value is -1.59. The first-order valence-corrected chi connectivity index (χ1v) is 9.29. The van der Waals surface area contributed by atoms with E-state index in [0.717, 1.165) is 31.7 Å². The third-order valence-corrected chi connectivity index (χ3v) is 4.13. The molecule has 1 atom stereocenters. The summed E-state index contributed by atoms with van der Waals surface area (Å²) in [7, 11) is 3.32. The van der Waals surface area contributed by atoms with Crippen LogP contribution in [0.1, 0.15) is 23.2 Å². The lowest BCUT2D eigenvalue weighted by atomic mass is 10.2. The Morgan fingerprint density at radius 1 is 1.18 bits per heavy atom. The predicted octanol–water partition coefficient (Wildman–Crippen LogP) is 1.40. The van der Waals surface area contributed by atoms with Crippen LogP contribution in [0.25, 0.3) is 0 Å². The Bertz CT molecular complexity index is 592. The van der Waals surface area contributed by atoms with Gasteiger partial charge in [0.05, 0.1) is 19.8 Å². The van der Waals surface area contributed by atoms with Gasteiger partial charge in [0.15, 0.2) is 5.96 Å². The van der Waals surface area contributed by atoms with Gasteiger partial charge in [-0.2, -0.15) is 0 Å². The number of nitrogens with zero attached hydrogens (tertiary/aromatic N) is 1.